The molecule has 6 aromatic carbocycles. The Morgan fingerprint density at radius 3 is 2.20 bits per heavy atom. The molecule has 5 heteroatoms. The molecule has 2 heterocycles. The van der Waals surface area contributed by atoms with Gasteiger partial charge in [0.25, 0.3) is 0 Å². The van der Waals surface area contributed by atoms with Crippen LogP contribution in [0, 0.1) is 0 Å². The van der Waals surface area contributed by atoms with Gasteiger partial charge in [-0.25, -0.2) is 0 Å². The molecule has 0 atom stereocenters. The molecule has 1 aliphatic heterocycles. The molecule has 0 spiro atoms. The number of fused-ring (bicyclic) bond motifs is 6. The fraction of sp³-hybridized carbons (Fsp3) is 0.0286. The number of benzene rings is 6. The number of hydrogen-bond donors (Lipinski definition) is 0. The highest BCUT2D eigenvalue weighted by Gasteiger charge is 2.18. The molecule has 0 aliphatic carbocycles. The minimum atomic E-state index is 0.504. The standard InChI is InChI=1S/C35H22BrN3O/c36-30-20-33-34(28-10-5-4-9-27(28)30)29-19-25(17-18-32(29)40-33)39(23-7-2-1-3-8-23)24-15-13-22(14-16-24)26-11-6-12-31-35(26)38-21-37-31/h1-20H,21H2. The summed E-state index contributed by atoms with van der Waals surface area (Å²) in [5, 5.41) is 6.51. The van der Waals surface area contributed by atoms with Crippen molar-refractivity contribution in [2.45, 2.75) is 0 Å². The third-order valence-corrected chi connectivity index (χ3v) is 8.26. The molecule has 190 valence electrons. The quantitative estimate of drug-likeness (QED) is 0.209. The average molecular weight is 580 g/mol. The van der Waals surface area contributed by atoms with E-state index in [9.17, 15) is 0 Å². The molecular weight excluding hydrogens is 558 g/mol. The molecule has 8 rings (SSSR count). The lowest BCUT2D eigenvalue weighted by Crippen LogP contribution is -2.23. The summed E-state index contributed by atoms with van der Waals surface area (Å²) >= 11 is 3.73. The summed E-state index contributed by atoms with van der Waals surface area (Å²) < 4.78 is 7.36. The number of halogens is 1. The van der Waals surface area contributed by atoms with Gasteiger partial charge in [0.05, 0.1) is 10.7 Å². The van der Waals surface area contributed by atoms with E-state index in [-0.39, 0.29) is 0 Å². The monoisotopic (exact) mass is 579 g/mol. The maximum atomic E-state index is 6.32. The van der Waals surface area contributed by atoms with E-state index >= 15 is 0 Å². The molecule has 1 aromatic heterocycles. The second kappa shape index (κ2) is 9.18. The predicted molar refractivity (Wildman–Crippen MR) is 166 cm³/mol. The Balaban J connectivity index is 1.31. The third kappa shape index (κ3) is 3.66. The lowest BCUT2D eigenvalue weighted by molar-refractivity contribution is 0.669. The van der Waals surface area contributed by atoms with Gasteiger partial charge in [0.1, 0.15) is 17.8 Å². The van der Waals surface area contributed by atoms with Crippen LogP contribution >= 0.6 is 15.9 Å². The van der Waals surface area contributed by atoms with Gasteiger partial charge in [-0.2, -0.15) is 0 Å². The van der Waals surface area contributed by atoms with Crippen LogP contribution in [0.1, 0.15) is 0 Å². The highest BCUT2D eigenvalue weighted by atomic mass is 79.9. The van der Waals surface area contributed by atoms with Crippen LogP contribution in [0.3, 0.4) is 0 Å². The molecule has 0 radical (unpaired) electrons. The van der Waals surface area contributed by atoms with Crippen LogP contribution in [0.15, 0.2) is 140 Å². The van der Waals surface area contributed by atoms with Gasteiger partial charge in [0, 0.05) is 37.9 Å². The van der Waals surface area contributed by atoms with Gasteiger partial charge in [0.15, 0.2) is 0 Å². The van der Waals surface area contributed by atoms with E-state index in [1.807, 2.05) is 12.1 Å². The summed E-state index contributed by atoms with van der Waals surface area (Å²) in [5.74, 6) is 0. The van der Waals surface area contributed by atoms with Gasteiger partial charge in [-0.05, 0) is 70.9 Å². The number of hydrogen-bond acceptors (Lipinski definition) is 4. The highest BCUT2D eigenvalue weighted by Crippen LogP contribution is 2.42. The minimum Gasteiger partial charge on any atom is -0.456 e. The first-order chi connectivity index (χ1) is 19.7. The van der Waals surface area contributed by atoms with Gasteiger partial charge < -0.3 is 9.32 Å². The van der Waals surface area contributed by atoms with E-state index in [0.29, 0.717) is 6.67 Å². The second-order valence-corrected chi connectivity index (χ2v) is 10.8. The maximum absolute atomic E-state index is 6.32. The second-order valence-electron chi connectivity index (χ2n) is 9.91. The topological polar surface area (TPSA) is 41.1 Å². The van der Waals surface area contributed by atoms with E-state index in [1.165, 1.54) is 10.8 Å². The van der Waals surface area contributed by atoms with Crippen molar-refractivity contribution in [3.63, 3.8) is 0 Å². The van der Waals surface area contributed by atoms with Gasteiger partial charge in [-0.15, -0.1) is 0 Å². The highest BCUT2D eigenvalue weighted by molar-refractivity contribution is 9.10. The summed E-state index contributed by atoms with van der Waals surface area (Å²) in [6, 6.07) is 42.4. The van der Waals surface area contributed by atoms with E-state index < -0.39 is 0 Å². The summed E-state index contributed by atoms with van der Waals surface area (Å²) in [6.45, 7) is 0.504. The van der Waals surface area contributed by atoms with E-state index in [4.69, 9.17) is 4.42 Å². The number of rotatable bonds is 4. The first-order valence-corrected chi connectivity index (χ1v) is 14.0. The molecule has 0 unspecified atom stereocenters. The van der Waals surface area contributed by atoms with Gasteiger partial charge in [-0.3, -0.25) is 9.98 Å². The molecule has 40 heavy (non-hydrogen) atoms. The van der Waals surface area contributed by atoms with Crippen molar-refractivity contribution in [2.75, 3.05) is 11.6 Å². The van der Waals surface area contributed by atoms with Crippen LogP contribution in [-0.2, 0) is 0 Å². The molecule has 4 nitrogen and oxygen atoms in total. The Bertz CT molecular complexity index is 2200. The molecule has 1 aliphatic rings. The largest absolute Gasteiger partial charge is 0.456 e. The van der Waals surface area contributed by atoms with Gasteiger partial charge >= 0.3 is 0 Å². The fourth-order valence-corrected chi connectivity index (χ4v) is 6.33. The summed E-state index contributed by atoms with van der Waals surface area (Å²) in [7, 11) is 0. The normalized spacial score (nSPS) is 12.4. The van der Waals surface area contributed by atoms with Gasteiger partial charge in [0.2, 0.25) is 0 Å². The Labute approximate surface area is 238 Å². The van der Waals surface area contributed by atoms with Crippen LogP contribution in [-0.4, -0.2) is 6.67 Å². The molecule has 7 aromatic rings. The van der Waals surface area contributed by atoms with Crippen molar-refractivity contribution in [3.05, 3.63) is 137 Å². The number of furan rings is 1. The predicted octanol–water partition coefficient (Wildman–Crippen LogP) is 8.85. The molecule has 0 N–H and O–H groups in total. The molecule has 0 saturated heterocycles. The summed E-state index contributed by atoms with van der Waals surface area (Å²) in [5.41, 5.74) is 7.21. The Kier molecular flexibility index (Phi) is 5.32. The zero-order valence-corrected chi connectivity index (χ0v) is 23.0. The minimum absolute atomic E-state index is 0.504. The Morgan fingerprint density at radius 2 is 1.35 bits per heavy atom. The van der Waals surface area contributed by atoms with E-state index in [0.717, 1.165) is 65.3 Å². The first-order valence-electron chi connectivity index (χ1n) is 13.2. The third-order valence-electron chi connectivity index (χ3n) is 7.60. The van der Waals surface area contributed by atoms with E-state index in [1.54, 1.807) is 0 Å². The van der Waals surface area contributed by atoms with Crippen LogP contribution in [0.4, 0.5) is 17.1 Å². The van der Waals surface area contributed by atoms with Crippen molar-refractivity contribution in [1.29, 1.82) is 0 Å². The van der Waals surface area contributed by atoms with Crippen LogP contribution in [0.2, 0.25) is 0 Å². The summed E-state index contributed by atoms with van der Waals surface area (Å²) in [4.78, 5) is 11.4. The van der Waals surface area contributed by atoms with Crippen molar-refractivity contribution >= 4 is 65.7 Å². The number of anilines is 3. The molecule has 0 amide bonds. The van der Waals surface area contributed by atoms with Crippen LogP contribution < -0.4 is 15.6 Å². The molecular formula is C35H22BrN3O. The SMILES string of the molecule is Brc1cc2oc3ccc(N(c4ccccc4)c4ccc(-c5cccc6c5=NCN=6)cc4)cc3c2c2ccccc12. The zero-order valence-electron chi connectivity index (χ0n) is 21.4. The number of nitrogens with zero attached hydrogens (tertiary/aromatic N) is 3. The van der Waals surface area contributed by atoms with Crippen molar-refractivity contribution in [2.24, 2.45) is 9.98 Å². The molecule has 0 bridgehead atoms. The molecule has 0 fully saturated rings. The molecule has 0 saturated carbocycles. The number of para-hydroxylation sites is 2. The zero-order chi connectivity index (χ0) is 26.6. The summed E-state index contributed by atoms with van der Waals surface area (Å²) in [6.07, 6.45) is 0. The van der Waals surface area contributed by atoms with Crippen molar-refractivity contribution in [1.82, 2.24) is 0 Å². The van der Waals surface area contributed by atoms with Crippen molar-refractivity contribution < 1.29 is 4.42 Å². The van der Waals surface area contributed by atoms with Crippen LogP contribution in [0.5, 0.6) is 0 Å². The van der Waals surface area contributed by atoms with Gasteiger partial charge in [-0.1, -0.05) is 82.7 Å². The van der Waals surface area contributed by atoms with E-state index in [2.05, 4.69) is 140 Å². The smallest absolute Gasteiger partial charge is 0.137 e. The van der Waals surface area contributed by atoms with Crippen LogP contribution in [0.25, 0.3) is 43.8 Å². The maximum Gasteiger partial charge on any atom is 0.137 e. The first kappa shape index (κ1) is 23.2. The fourth-order valence-electron chi connectivity index (χ4n) is 5.78. The van der Waals surface area contributed by atoms with Crippen molar-refractivity contribution in [3.8, 4) is 11.1 Å². The lowest BCUT2D eigenvalue weighted by Gasteiger charge is -2.25. The Morgan fingerprint density at radius 1 is 0.600 bits per heavy atom. The lowest BCUT2D eigenvalue weighted by atomic mass is 10.0. The average Bonchev–Trinajstić information content (AvgIpc) is 3.63. The Hall–Kier alpha value is -4.74.